The molecule has 0 aromatic carbocycles. The summed E-state index contributed by atoms with van der Waals surface area (Å²) < 4.78 is 6.25. The predicted molar refractivity (Wildman–Crippen MR) is 173 cm³/mol. The summed E-state index contributed by atoms with van der Waals surface area (Å²) in [5, 5.41) is 65.7. The molecular weight excluding hydrogens is 638 g/mol. The van der Waals surface area contributed by atoms with Crippen LogP contribution in [0.4, 0.5) is 5.82 Å². The lowest BCUT2D eigenvalue weighted by molar-refractivity contribution is -0.129. The van der Waals surface area contributed by atoms with Crippen molar-refractivity contribution in [3.8, 4) is 0 Å². The first-order valence-electron chi connectivity index (χ1n) is 16.0. The first-order valence-corrected chi connectivity index (χ1v) is 17.2. The number of carbonyl (C=O) groups is 3. The van der Waals surface area contributed by atoms with E-state index in [-0.39, 0.29) is 31.6 Å². The van der Waals surface area contributed by atoms with E-state index in [1.54, 1.807) is 11.8 Å². The minimum Gasteiger partial charge on any atom is -0.394 e. The zero-order chi connectivity index (χ0) is 34.8. The van der Waals surface area contributed by atoms with Crippen molar-refractivity contribution in [2.75, 3.05) is 49.8 Å². The Balaban J connectivity index is 1.83. The third kappa shape index (κ3) is 13.1. The van der Waals surface area contributed by atoms with Crippen molar-refractivity contribution < 1.29 is 49.8 Å². The number of carbonyl (C=O) groups excluding carboxylic acids is 3. The Morgan fingerprint density at radius 2 is 1.68 bits per heavy atom. The Hall–Kier alpha value is -2.64. The number of aliphatic hydroxyl groups excluding tert-OH is 6. The molecule has 17 heteroatoms. The molecule has 1 aromatic heterocycles. The predicted octanol–water partition coefficient (Wildman–Crippen LogP) is -1.38. The first kappa shape index (κ1) is 40.5. The van der Waals surface area contributed by atoms with Crippen molar-refractivity contribution in [1.82, 2.24) is 20.2 Å². The van der Waals surface area contributed by atoms with Gasteiger partial charge in [0.25, 0.3) is 0 Å². The molecule has 47 heavy (non-hydrogen) atoms. The number of hydrogen-bond donors (Lipinski definition) is 9. The lowest BCUT2D eigenvalue weighted by Crippen LogP contribution is -2.58. The summed E-state index contributed by atoms with van der Waals surface area (Å²) in [5.41, 5.74) is -2.45. The van der Waals surface area contributed by atoms with Crippen molar-refractivity contribution in [3.63, 3.8) is 0 Å². The van der Waals surface area contributed by atoms with Gasteiger partial charge < -0.3 is 51.3 Å². The fourth-order valence-electron chi connectivity index (χ4n) is 4.83. The maximum atomic E-state index is 13.0. The highest BCUT2D eigenvalue weighted by Crippen LogP contribution is 2.28. The van der Waals surface area contributed by atoms with E-state index in [4.69, 9.17) is 4.74 Å². The summed E-state index contributed by atoms with van der Waals surface area (Å²) >= 11 is 1.58. The number of anilines is 1. The highest BCUT2D eigenvalue weighted by molar-refractivity contribution is 7.99. The van der Waals surface area contributed by atoms with Crippen LogP contribution in [-0.4, -0.2) is 126 Å². The Morgan fingerprint density at radius 1 is 1.00 bits per heavy atom. The number of aromatic nitrogens is 2. The van der Waals surface area contributed by atoms with Crippen LogP contribution in [0.15, 0.2) is 17.1 Å². The standard InChI is InChI=1S/C30H51N5O11S/c1-2-3-4-5-6-7-14-47-16-20(27(44)34-30(17-37,18-38)19-39)8-9-23(40)31-12-10-24(41)32-22-11-13-35(29(45)33-22)28-26(43)25(42)21(15-36)46-28/h11,13,20-21,25-26,28,36-39,42-43H,2-10,12,14-19H2,1H3,(H,31,40)(H,34,44)(H,32,33,41,45)/t20?,21-,25-,26+,28-/m1/s1. The number of thioether (sulfide) groups is 1. The Morgan fingerprint density at radius 3 is 2.30 bits per heavy atom. The summed E-state index contributed by atoms with van der Waals surface area (Å²) in [6.07, 6.45) is 2.83. The van der Waals surface area contributed by atoms with Gasteiger partial charge >= 0.3 is 5.69 Å². The topological polar surface area (TPSA) is 253 Å². The molecule has 0 aliphatic carbocycles. The molecule has 1 aliphatic rings. The number of unbranched alkanes of at least 4 members (excludes halogenated alkanes) is 5. The molecule has 1 aliphatic heterocycles. The van der Waals surface area contributed by atoms with Crippen molar-refractivity contribution in [3.05, 3.63) is 22.7 Å². The van der Waals surface area contributed by atoms with Crippen molar-refractivity contribution in [2.45, 2.75) is 94.8 Å². The third-order valence-corrected chi connectivity index (χ3v) is 9.13. The van der Waals surface area contributed by atoms with Crippen LogP contribution in [-0.2, 0) is 19.1 Å². The quantitative estimate of drug-likeness (QED) is 0.0602. The Bertz CT molecular complexity index is 1160. The second kappa shape index (κ2) is 21.4. The van der Waals surface area contributed by atoms with E-state index < -0.39 is 85.8 Å². The average Bonchev–Trinajstić information content (AvgIpc) is 3.34. The molecule has 268 valence electrons. The first-order chi connectivity index (χ1) is 22.5. The number of aliphatic hydroxyl groups is 6. The number of nitrogens with zero attached hydrogens (tertiary/aromatic N) is 2. The van der Waals surface area contributed by atoms with Gasteiger partial charge in [-0.25, -0.2) is 4.79 Å². The van der Waals surface area contributed by atoms with Crippen LogP contribution in [0.3, 0.4) is 0 Å². The van der Waals surface area contributed by atoms with Gasteiger partial charge in [-0.3, -0.25) is 19.0 Å². The summed E-state index contributed by atoms with van der Waals surface area (Å²) in [5.74, 6) is -0.873. The normalized spacial score (nSPS) is 20.1. The molecular formula is C30H51N5O11S. The zero-order valence-electron chi connectivity index (χ0n) is 26.9. The summed E-state index contributed by atoms with van der Waals surface area (Å²) in [7, 11) is 0. The molecule has 1 saturated heterocycles. The van der Waals surface area contributed by atoms with Crippen LogP contribution < -0.4 is 21.6 Å². The summed E-state index contributed by atoms with van der Waals surface area (Å²) in [6.45, 7) is -0.409. The number of amides is 3. The van der Waals surface area contributed by atoms with Crippen LogP contribution in [0.2, 0.25) is 0 Å². The summed E-state index contributed by atoms with van der Waals surface area (Å²) in [6, 6.07) is 1.29. The highest BCUT2D eigenvalue weighted by Gasteiger charge is 2.43. The third-order valence-electron chi connectivity index (χ3n) is 7.91. The molecule has 1 aromatic rings. The van der Waals surface area contributed by atoms with Crippen molar-refractivity contribution in [2.24, 2.45) is 5.92 Å². The molecule has 1 unspecified atom stereocenters. The van der Waals surface area contributed by atoms with E-state index in [9.17, 15) is 49.8 Å². The van der Waals surface area contributed by atoms with Gasteiger partial charge in [-0.1, -0.05) is 39.0 Å². The second-order valence-electron chi connectivity index (χ2n) is 11.7. The molecule has 5 atom stereocenters. The number of ether oxygens (including phenoxy) is 1. The Kier molecular flexibility index (Phi) is 18.4. The van der Waals surface area contributed by atoms with Crippen LogP contribution in [0.5, 0.6) is 0 Å². The van der Waals surface area contributed by atoms with E-state index in [0.717, 1.165) is 29.6 Å². The van der Waals surface area contributed by atoms with Crippen LogP contribution >= 0.6 is 11.8 Å². The SMILES string of the molecule is CCCCCCCCSCC(CCC(=O)NCCC(=O)Nc1ccn([C@@H]2O[C@H](CO)[C@@H](O)[C@@H]2O)c(=O)n1)C(=O)NC(CO)(CO)CO. The molecule has 0 spiro atoms. The van der Waals surface area contributed by atoms with Gasteiger partial charge in [0.2, 0.25) is 17.7 Å². The maximum absolute atomic E-state index is 13.0. The number of rotatable bonds is 23. The minimum atomic E-state index is -1.58. The lowest BCUT2D eigenvalue weighted by atomic mass is 9.99. The second-order valence-corrected chi connectivity index (χ2v) is 12.9. The van der Waals surface area contributed by atoms with Gasteiger partial charge in [0.05, 0.1) is 26.4 Å². The molecule has 2 rings (SSSR count). The fraction of sp³-hybridized carbons (Fsp3) is 0.767. The van der Waals surface area contributed by atoms with Gasteiger partial charge in [-0.05, 0) is 24.7 Å². The molecule has 16 nitrogen and oxygen atoms in total. The van der Waals surface area contributed by atoms with Crippen LogP contribution in [0.25, 0.3) is 0 Å². The average molecular weight is 690 g/mol. The van der Waals surface area contributed by atoms with Gasteiger partial charge in [0.15, 0.2) is 6.23 Å². The van der Waals surface area contributed by atoms with Crippen LogP contribution in [0, 0.1) is 5.92 Å². The molecule has 9 N–H and O–H groups in total. The number of nitrogens with one attached hydrogen (secondary N) is 3. The monoisotopic (exact) mass is 689 g/mol. The molecule has 0 bridgehead atoms. The molecule has 0 radical (unpaired) electrons. The van der Waals surface area contributed by atoms with E-state index in [2.05, 4.69) is 27.9 Å². The zero-order valence-corrected chi connectivity index (χ0v) is 27.7. The molecule has 1 fully saturated rings. The number of hydrogen-bond acceptors (Lipinski definition) is 13. The largest absolute Gasteiger partial charge is 0.394 e. The lowest BCUT2D eigenvalue weighted by Gasteiger charge is -2.30. The fourth-order valence-corrected chi connectivity index (χ4v) is 6.01. The molecule has 0 saturated carbocycles. The van der Waals surface area contributed by atoms with Gasteiger partial charge in [-0.15, -0.1) is 0 Å². The van der Waals surface area contributed by atoms with Gasteiger partial charge in [0.1, 0.15) is 29.7 Å². The maximum Gasteiger partial charge on any atom is 0.351 e. The van der Waals surface area contributed by atoms with E-state index in [1.807, 2.05) is 0 Å². The Labute approximate surface area is 278 Å². The highest BCUT2D eigenvalue weighted by atomic mass is 32.2. The van der Waals surface area contributed by atoms with Crippen LogP contribution in [0.1, 0.15) is 70.9 Å². The van der Waals surface area contributed by atoms with E-state index in [1.165, 1.54) is 31.5 Å². The van der Waals surface area contributed by atoms with Crippen molar-refractivity contribution >= 4 is 35.3 Å². The van der Waals surface area contributed by atoms with Gasteiger partial charge in [0, 0.05) is 37.3 Å². The smallest absolute Gasteiger partial charge is 0.351 e. The minimum absolute atomic E-state index is 0.0254. The van der Waals surface area contributed by atoms with E-state index in [0.29, 0.717) is 5.75 Å². The van der Waals surface area contributed by atoms with Crippen molar-refractivity contribution in [1.29, 1.82) is 0 Å². The molecule has 3 amide bonds. The van der Waals surface area contributed by atoms with E-state index >= 15 is 0 Å². The molecule has 2 heterocycles. The van der Waals surface area contributed by atoms with Gasteiger partial charge in [-0.2, -0.15) is 16.7 Å². The summed E-state index contributed by atoms with van der Waals surface area (Å²) in [4.78, 5) is 54.2.